The van der Waals surface area contributed by atoms with E-state index in [0.29, 0.717) is 0 Å². The van der Waals surface area contributed by atoms with Gasteiger partial charge in [-0.1, -0.05) is 6.92 Å². The molecule has 0 aliphatic carbocycles. The Hall–Kier alpha value is -0.790. The topological polar surface area (TPSA) is 26.3 Å². The van der Waals surface area contributed by atoms with Crippen LogP contribution in [0.3, 0.4) is 0 Å². The van der Waals surface area contributed by atoms with Gasteiger partial charge in [-0.15, -0.1) is 0 Å². The van der Waals surface area contributed by atoms with Crippen LogP contribution in [0.15, 0.2) is 12.3 Å². The van der Waals surface area contributed by atoms with Gasteiger partial charge in [0.15, 0.2) is 11.9 Å². The lowest BCUT2D eigenvalue weighted by Gasteiger charge is -2.18. The van der Waals surface area contributed by atoms with Crippen molar-refractivity contribution < 1.29 is 9.53 Å². The number of carbonyl (C=O) groups excluding carboxylic acids is 1. The van der Waals surface area contributed by atoms with Gasteiger partial charge in [0.1, 0.15) is 0 Å². The summed E-state index contributed by atoms with van der Waals surface area (Å²) >= 11 is 0. The van der Waals surface area contributed by atoms with Crippen LogP contribution >= 0.6 is 0 Å². The van der Waals surface area contributed by atoms with Crippen molar-refractivity contribution in [3.8, 4) is 0 Å². The number of aldehydes is 1. The molecular weight excluding hydrogens is 116 g/mol. The van der Waals surface area contributed by atoms with Crippen molar-refractivity contribution >= 4 is 6.29 Å². The number of hydrogen-bond donors (Lipinski definition) is 0. The highest BCUT2D eigenvalue weighted by Gasteiger charge is 2.29. The molecule has 9 heavy (non-hydrogen) atoms. The second-order valence-corrected chi connectivity index (χ2v) is 2.23. The van der Waals surface area contributed by atoms with Crippen molar-refractivity contribution in [3.05, 3.63) is 12.3 Å². The van der Waals surface area contributed by atoms with Crippen molar-refractivity contribution in [1.82, 2.24) is 0 Å². The van der Waals surface area contributed by atoms with Gasteiger partial charge in [-0.25, -0.2) is 0 Å². The Morgan fingerprint density at radius 2 is 2.67 bits per heavy atom. The first-order valence-corrected chi connectivity index (χ1v) is 3.12. The average Bonchev–Trinajstić information content (AvgIpc) is 2.36. The summed E-state index contributed by atoms with van der Waals surface area (Å²) in [7, 11) is 0. The Labute approximate surface area is 54.5 Å². The molecule has 0 fully saturated rings. The Kier molecular flexibility index (Phi) is 1.56. The molecule has 1 unspecified atom stereocenters. The summed E-state index contributed by atoms with van der Waals surface area (Å²) in [4.78, 5) is 10.4. The minimum Gasteiger partial charge on any atom is -0.487 e. The third-order valence-corrected chi connectivity index (χ3v) is 1.68. The van der Waals surface area contributed by atoms with E-state index in [4.69, 9.17) is 4.74 Å². The molecule has 1 atom stereocenters. The monoisotopic (exact) mass is 126 g/mol. The van der Waals surface area contributed by atoms with Crippen molar-refractivity contribution in [3.63, 3.8) is 0 Å². The number of hydrogen-bond acceptors (Lipinski definition) is 2. The van der Waals surface area contributed by atoms with E-state index in [-0.39, 0.29) is 0 Å². The molecule has 0 aromatic carbocycles. The standard InChI is InChI=1S/C7H10O2/c1-2-7(6-8)4-3-5-9-7/h3,5-6H,2,4H2,1H3. The van der Waals surface area contributed by atoms with Crippen LogP contribution in [0.2, 0.25) is 0 Å². The molecule has 0 aromatic rings. The lowest BCUT2D eigenvalue weighted by molar-refractivity contribution is -0.123. The number of ether oxygens (including phenoxy) is 1. The van der Waals surface area contributed by atoms with Gasteiger partial charge in [0, 0.05) is 6.42 Å². The molecule has 1 aliphatic heterocycles. The first-order chi connectivity index (χ1) is 4.33. The molecule has 50 valence electrons. The average molecular weight is 126 g/mol. The van der Waals surface area contributed by atoms with Crippen LogP contribution in [0.5, 0.6) is 0 Å². The smallest absolute Gasteiger partial charge is 0.166 e. The highest BCUT2D eigenvalue weighted by atomic mass is 16.5. The fourth-order valence-electron chi connectivity index (χ4n) is 0.866. The first-order valence-electron chi connectivity index (χ1n) is 3.12. The molecule has 2 nitrogen and oxygen atoms in total. The zero-order valence-corrected chi connectivity index (χ0v) is 5.46. The third kappa shape index (κ3) is 0.969. The van der Waals surface area contributed by atoms with Crippen molar-refractivity contribution in [2.24, 2.45) is 0 Å². The number of rotatable bonds is 2. The Morgan fingerprint density at radius 1 is 1.89 bits per heavy atom. The Balaban J connectivity index is 2.60. The summed E-state index contributed by atoms with van der Waals surface area (Å²) in [6.07, 6.45) is 5.83. The molecule has 2 heteroatoms. The van der Waals surface area contributed by atoms with E-state index in [1.807, 2.05) is 13.0 Å². The number of carbonyl (C=O) groups is 1. The Bertz CT molecular complexity index is 130. The fourth-order valence-corrected chi connectivity index (χ4v) is 0.866. The quantitative estimate of drug-likeness (QED) is 0.521. The molecular formula is C7H10O2. The van der Waals surface area contributed by atoms with E-state index in [1.54, 1.807) is 6.26 Å². The van der Waals surface area contributed by atoms with Crippen LogP contribution in [-0.2, 0) is 9.53 Å². The Morgan fingerprint density at radius 3 is 2.89 bits per heavy atom. The molecule has 0 saturated heterocycles. The maximum absolute atomic E-state index is 10.4. The van der Waals surface area contributed by atoms with E-state index in [1.165, 1.54) is 0 Å². The van der Waals surface area contributed by atoms with Gasteiger partial charge >= 0.3 is 0 Å². The summed E-state index contributed by atoms with van der Waals surface area (Å²) in [5, 5.41) is 0. The summed E-state index contributed by atoms with van der Waals surface area (Å²) in [5.41, 5.74) is -0.514. The van der Waals surface area contributed by atoms with Crippen LogP contribution < -0.4 is 0 Å². The SMILES string of the molecule is CCC1(C=O)CC=CO1. The summed E-state index contributed by atoms with van der Waals surface area (Å²) in [5.74, 6) is 0. The highest BCUT2D eigenvalue weighted by molar-refractivity contribution is 5.63. The predicted octanol–water partition coefficient (Wildman–Crippen LogP) is 1.27. The van der Waals surface area contributed by atoms with Gasteiger partial charge in [-0.3, -0.25) is 4.79 Å². The first kappa shape index (κ1) is 6.33. The second kappa shape index (κ2) is 2.21. The van der Waals surface area contributed by atoms with Crippen molar-refractivity contribution in [2.75, 3.05) is 0 Å². The second-order valence-electron chi connectivity index (χ2n) is 2.23. The molecule has 0 saturated carbocycles. The molecule has 0 radical (unpaired) electrons. The summed E-state index contributed by atoms with van der Waals surface area (Å²) in [6, 6.07) is 0. The van der Waals surface area contributed by atoms with Gasteiger partial charge in [0.05, 0.1) is 6.26 Å². The molecule has 0 spiro atoms. The lowest BCUT2D eigenvalue weighted by Crippen LogP contribution is -2.27. The lowest BCUT2D eigenvalue weighted by atomic mass is 10.0. The van der Waals surface area contributed by atoms with E-state index >= 15 is 0 Å². The highest BCUT2D eigenvalue weighted by Crippen LogP contribution is 2.23. The van der Waals surface area contributed by atoms with Gasteiger partial charge in [0.25, 0.3) is 0 Å². The van der Waals surface area contributed by atoms with Crippen molar-refractivity contribution in [2.45, 2.75) is 25.4 Å². The zero-order chi connectivity index (χ0) is 6.74. The zero-order valence-electron chi connectivity index (χ0n) is 5.46. The largest absolute Gasteiger partial charge is 0.487 e. The summed E-state index contributed by atoms with van der Waals surface area (Å²) < 4.78 is 5.09. The summed E-state index contributed by atoms with van der Waals surface area (Å²) in [6.45, 7) is 1.95. The molecule has 0 bridgehead atoms. The predicted molar refractivity (Wildman–Crippen MR) is 33.9 cm³/mol. The van der Waals surface area contributed by atoms with Gasteiger partial charge in [-0.2, -0.15) is 0 Å². The third-order valence-electron chi connectivity index (χ3n) is 1.68. The van der Waals surface area contributed by atoms with Crippen LogP contribution in [0, 0.1) is 0 Å². The van der Waals surface area contributed by atoms with E-state index in [0.717, 1.165) is 19.1 Å². The van der Waals surface area contributed by atoms with E-state index < -0.39 is 5.60 Å². The van der Waals surface area contributed by atoms with Crippen LogP contribution in [0.4, 0.5) is 0 Å². The molecule has 1 rings (SSSR count). The van der Waals surface area contributed by atoms with Crippen LogP contribution in [0.1, 0.15) is 19.8 Å². The van der Waals surface area contributed by atoms with E-state index in [9.17, 15) is 4.79 Å². The molecule has 0 amide bonds. The van der Waals surface area contributed by atoms with Crippen LogP contribution in [-0.4, -0.2) is 11.9 Å². The minimum atomic E-state index is -0.514. The molecule has 1 aliphatic rings. The van der Waals surface area contributed by atoms with Gasteiger partial charge in [-0.05, 0) is 12.5 Å². The molecule has 1 heterocycles. The molecule has 0 aromatic heterocycles. The maximum atomic E-state index is 10.4. The normalized spacial score (nSPS) is 32.1. The van der Waals surface area contributed by atoms with Crippen molar-refractivity contribution in [1.29, 1.82) is 0 Å². The maximum Gasteiger partial charge on any atom is 0.166 e. The van der Waals surface area contributed by atoms with Gasteiger partial charge < -0.3 is 4.74 Å². The molecule has 0 N–H and O–H groups in total. The fraction of sp³-hybridized carbons (Fsp3) is 0.571. The van der Waals surface area contributed by atoms with Crippen LogP contribution in [0.25, 0.3) is 0 Å². The van der Waals surface area contributed by atoms with Gasteiger partial charge in [0.2, 0.25) is 0 Å². The van der Waals surface area contributed by atoms with E-state index in [2.05, 4.69) is 0 Å². The minimum absolute atomic E-state index is 0.514.